The smallest absolute Gasteiger partial charge is 0.154 e. The van der Waals surface area contributed by atoms with Crippen LogP contribution in [0.5, 0.6) is 0 Å². The summed E-state index contributed by atoms with van der Waals surface area (Å²) in [6.07, 6.45) is 5.91. The van der Waals surface area contributed by atoms with Gasteiger partial charge in [0.05, 0.1) is 29.1 Å². The molecular formula is C25H23N5O. The highest BCUT2D eigenvalue weighted by Crippen LogP contribution is 2.32. The summed E-state index contributed by atoms with van der Waals surface area (Å²) in [5.41, 5.74) is 7.38. The standard InChI is InChI=1S/C23H17N5.C2H6O/c1-27-14-18(17-9-5-6-10-20(17)27)19-11-21-22(26-19)24-12-16-13-25-23(28(16)21)15-7-3-2-4-8-15;1-3-2/h2-14,26H,1H3;1-2H3. The van der Waals surface area contributed by atoms with Crippen molar-refractivity contribution in [3.8, 4) is 22.6 Å². The third-order valence-electron chi connectivity index (χ3n) is 5.35. The largest absolute Gasteiger partial charge is 0.388 e. The average Bonchev–Trinajstić information content (AvgIpc) is 3.50. The number of hydrogen-bond acceptors (Lipinski definition) is 3. The number of H-pyrrole nitrogens is 1. The van der Waals surface area contributed by atoms with Gasteiger partial charge in [-0.05, 0) is 12.1 Å². The fourth-order valence-corrected chi connectivity index (χ4v) is 4.03. The second kappa shape index (κ2) is 7.74. The highest BCUT2D eigenvalue weighted by atomic mass is 16.4. The van der Waals surface area contributed by atoms with E-state index in [1.165, 1.54) is 16.5 Å². The maximum atomic E-state index is 4.66. The molecule has 0 aliphatic carbocycles. The Hall–Kier alpha value is -3.90. The second-order valence-electron chi connectivity index (χ2n) is 7.46. The van der Waals surface area contributed by atoms with Gasteiger partial charge in [-0.15, -0.1) is 0 Å². The molecule has 4 aromatic heterocycles. The van der Waals surface area contributed by atoms with Gasteiger partial charge in [0.15, 0.2) is 5.65 Å². The molecule has 0 saturated carbocycles. The summed E-state index contributed by atoms with van der Waals surface area (Å²) in [4.78, 5) is 12.8. The average molecular weight is 409 g/mol. The quantitative estimate of drug-likeness (QED) is 0.422. The van der Waals surface area contributed by atoms with E-state index in [9.17, 15) is 0 Å². The number of nitrogens with one attached hydrogen (secondary N) is 1. The Morgan fingerprint density at radius 1 is 0.871 bits per heavy atom. The molecule has 0 aliphatic rings. The second-order valence-corrected chi connectivity index (χ2v) is 7.46. The number of aryl methyl sites for hydroxylation is 1. The zero-order chi connectivity index (χ0) is 21.4. The minimum absolute atomic E-state index is 0.852. The van der Waals surface area contributed by atoms with Crippen molar-refractivity contribution >= 4 is 27.6 Å². The van der Waals surface area contributed by atoms with E-state index < -0.39 is 0 Å². The van der Waals surface area contributed by atoms with Gasteiger partial charge in [-0.1, -0.05) is 48.5 Å². The summed E-state index contributed by atoms with van der Waals surface area (Å²) in [7, 11) is 5.33. The fourth-order valence-electron chi connectivity index (χ4n) is 4.03. The molecule has 0 fully saturated rings. The molecule has 1 N–H and O–H groups in total. The third-order valence-corrected chi connectivity index (χ3v) is 5.35. The first-order valence-corrected chi connectivity index (χ1v) is 10.1. The first kappa shape index (κ1) is 19.1. The van der Waals surface area contributed by atoms with E-state index in [4.69, 9.17) is 0 Å². The lowest BCUT2D eigenvalue weighted by Crippen LogP contribution is -1.92. The van der Waals surface area contributed by atoms with Crippen LogP contribution in [0.2, 0.25) is 0 Å². The normalized spacial score (nSPS) is 11.2. The predicted octanol–water partition coefficient (Wildman–Crippen LogP) is 5.30. The molecule has 0 atom stereocenters. The van der Waals surface area contributed by atoms with Crippen molar-refractivity contribution < 1.29 is 4.74 Å². The van der Waals surface area contributed by atoms with E-state index in [0.29, 0.717) is 0 Å². The molecule has 0 bridgehead atoms. The van der Waals surface area contributed by atoms with Gasteiger partial charge in [0, 0.05) is 49.5 Å². The van der Waals surface area contributed by atoms with Crippen LogP contribution >= 0.6 is 0 Å². The zero-order valence-electron chi connectivity index (χ0n) is 17.7. The molecule has 6 nitrogen and oxygen atoms in total. The van der Waals surface area contributed by atoms with E-state index in [0.717, 1.165) is 33.8 Å². The first-order valence-electron chi connectivity index (χ1n) is 10.1. The Balaban J connectivity index is 0.000000646. The van der Waals surface area contributed by atoms with Crippen LogP contribution in [0.1, 0.15) is 0 Å². The summed E-state index contributed by atoms with van der Waals surface area (Å²) >= 11 is 0. The number of nitrogens with zero attached hydrogens (tertiary/aromatic N) is 4. The zero-order valence-corrected chi connectivity index (χ0v) is 17.7. The fraction of sp³-hybridized carbons (Fsp3) is 0.120. The molecule has 6 aromatic rings. The Bertz CT molecular complexity index is 1490. The van der Waals surface area contributed by atoms with Gasteiger partial charge in [0.25, 0.3) is 0 Å². The number of methoxy groups -OCH3 is 1. The van der Waals surface area contributed by atoms with Crippen LogP contribution < -0.4 is 0 Å². The molecule has 0 saturated heterocycles. The molecular weight excluding hydrogens is 386 g/mol. The lowest BCUT2D eigenvalue weighted by molar-refractivity contribution is 0.277. The van der Waals surface area contributed by atoms with Crippen LogP contribution in [-0.4, -0.2) is 38.1 Å². The van der Waals surface area contributed by atoms with Crippen molar-refractivity contribution in [2.24, 2.45) is 7.05 Å². The molecule has 154 valence electrons. The summed E-state index contributed by atoms with van der Waals surface area (Å²) in [6, 6.07) is 20.9. The van der Waals surface area contributed by atoms with Crippen LogP contribution in [0.4, 0.5) is 0 Å². The highest BCUT2D eigenvalue weighted by Gasteiger charge is 2.15. The lowest BCUT2D eigenvalue weighted by Gasteiger charge is -2.02. The van der Waals surface area contributed by atoms with Gasteiger partial charge in [0.2, 0.25) is 0 Å². The predicted molar refractivity (Wildman–Crippen MR) is 125 cm³/mol. The number of ether oxygens (including phenoxy) is 1. The number of fused-ring (bicyclic) bond motifs is 4. The van der Waals surface area contributed by atoms with E-state index in [1.807, 2.05) is 30.6 Å². The van der Waals surface area contributed by atoms with Gasteiger partial charge in [-0.2, -0.15) is 0 Å². The number of hydrogen-bond donors (Lipinski definition) is 1. The number of aromatic nitrogens is 5. The van der Waals surface area contributed by atoms with Crippen molar-refractivity contribution in [3.05, 3.63) is 79.3 Å². The Morgan fingerprint density at radius 3 is 2.39 bits per heavy atom. The number of para-hydroxylation sites is 1. The highest BCUT2D eigenvalue weighted by molar-refractivity contribution is 5.97. The molecule has 0 aliphatic heterocycles. The van der Waals surface area contributed by atoms with Crippen LogP contribution in [-0.2, 0) is 11.8 Å². The van der Waals surface area contributed by atoms with Crippen molar-refractivity contribution in [2.75, 3.05) is 14.2 Å². The number of aromatic amines is 1. The number of benzene rings is 2. The van der Waals surface area contributed by atoms with Gasteiger partial charge < -0.3 is 14.3 Å². The Morgan fingerprint density at radius 2 is 1.58 bits per heavy atom. The first-order chi connectivity index (χ1) is 15.2. The van der Waals surface area contributed by atoms with E-state index >= 15 is 0 Å². The molecule has 4 heterocycles. The minimum atomic E-state index is 0.852. The summed E-state index contributed by atoms with van der Waals surface area (Å²) in [6.45, 7) is 0. The lowest BCUT2D eigenvalue weighted by atomic mass is 10.1. The molecule has 0 radical (unpaired) electrons. The van der Waals surface area contributed by atoms with Crippen LogP contribution in [0.3, 0.4) is 0 Å². The third kappa shape index (κ3) is 3.17. The van der Waals surface area contributed by atoms with Crippen molar-refractivity contribution in [1.82, 2.24) is 23.9 Å². The molecule has 0 unspecified atom stereocenters. The maximum absolute atomic E-state index is 4.66. The van der Waals surface area contributed by atoms with Crippen molar-refractivity contribution in [2.45, 2.75) is 0 Å². The van der Waals surface area contributed by atoms with Crippen molar-refractivity contribution in [1.29, 1.82) is 0 Å². The van der Waals surface area contributed by atoms with Gasteiger partial charge in [-0.3, -0.25) is 4.40 Å². The van der Waals surface area contributed by atoms with Crippen molar-refractivity contribution in [3.63, 3.8) is 0 Å². The molecule has 6 heteroatoms. The van der Waals surface area contributed by atoms with Gasteiger partial charge >= 0.3 is 0 Å². The minimum Gasteiger partial charge on any atom is -0.388 e. The molecule has 6 rings (SSSR count). The van der Waals surface area contributed by atoms with E-state index in [-0.39, 0.29) is 0 Å². The molecule has 2 aromatic carbocycles. The number of imidazole rings is 1. The summed E-state index contributed by atoms with van der Waals surface area (Å²) in [5, 5.41) is 1.22. The van der Waals surface area contributed by atoms with Gasteiger partial charge in [-0.25, -0.2) is 9.97 Å². The van der Waals surface area contributed by atoms with Crippen LogP contribution in [0, 0.1) is 0 Å². The summed E-state index contributed by atoms with van der Waals surface area (Å²) in [5.74, 6) is 0.923. The topological polar surface area (TPSA) is 60.1 Å². The van der Waals surface area contributed by atoms with Gasteiger partial charge in [0.1, 0.15) is 5.82 Å². The van der Waals surface area contributed by atoms with Crippen LogP contribution in [0.25, 0.3) is 50.2 Å². The molecule has 0 amide bonds. The Labute approximate surface area is 179 Å². The van der Waals surface area contributed by atoms with E-state index in [2.05, 4.69) is 84.4 Å². The Kier molecular flexibility index (Phi) is 4.76. The van der Waals surface area contributed by atoms with E-state index in [1.54, 1.807) is 14.2 Å². The molecule has 31 heavy (non-hydrogen) atoms. The monoisotopic (exact) mass is 409 g/mol. The maximum Gasteiger partial charge on any atom is 0.154 e. The van der Waals surface area contributed by atoms with Crippen LogP contribution in [0.15, 0.2) is 79.3 Å². The molecule has 0 spiro atoms. The summed E-state index contributed by atoms with van der Waals surface area (Å²) < 4.78 is 8.58. The number of rotatable bonds is 2. The SMILES string of the molecule is COC.Cn1cc(-c2cc3c(ncc4cnc(-c5ccccc5)n43)[nH]2)c2ccccc21.